The van der Waals surface area contributed by atoms with Gasteiger partial charge in [0.2, 0.25) is 0 Å². The third-order valence-electron chi connectivity index (χ3n) is 7.81. The molecule has 0 saturated heterocycles. The smallest absolute Gasteiger partial charge is 0.0646 e. The molecule has 1 aliphatic carbocycles. The zero-order valence-corrected chi connectivity index (χ0v) is 14.9. The van der Waals surface area contributed by atoms with E-state index in [2.05, 4.69) is 72.5 Å². The topological polar surface area (TPSA) is 12.4 Å². The van der Waals surface area contributed by atoms with Gasteiger partial charge in [-0.2, -0.15) is 0 Å². The maximum atomic E-state index is 4.47. The quantitative estimate of drug-likeness (QED) is 0.617. The first-order valence-electron chi connectivity index (χ1n) is 8.12. The van der Waals surface area contributed by atoms with E-state index in [1.54, 1.807) is 0 Å². The molecule has 0 N–H and O–H groups in total. The highest BCUT2D eigenvalue weighted by atomic mass is 14.7. The van der Waals surface area contributed by atoms with Crippen LogP contribution in [0, 0.1) is 10.8 Å². The van der Waals surface area contributed by atoms with Crippen LogP contribution in [0.4, 0.5) is 0 Å². The summed E-state index contributed by atoms with van der Waals surface area (Å²) < 4.78 is 0. The molecule has 0 bridgehead atoms. The first-order chi connectivity index (χ1) is 9.44. The average Bonchev–Trinajstić information content (AvgIpc) is 2.82. The van der Waals surface area contributed by atoms with Crippen LogP contribution in [0.2, 0.25) is 0 Å². The zero-order chi connectivity index (χ0) is 15.8. The number of hydrogen-bond acceptors (Lipinski definition) is 1. The van der Waals surface area contributed by atoms with E-state index in [9.17, 15) is 0 Å². The Kier molecular flexibility index (Phi) is 2.68. The standard InChI is InChI=1S/C20H29N/c1-17(2)15-9-13-11-21-12-14(13)10-16(15)18(3,4)20(7,8)19(17,5)6/h9-11H,12H2,1-8H3. The summed E-state index contributed by atoms with van der Waals surface area (Å²) in [5.41, 5.74) is 6.49. The predicted molar refractivity (Wildman–Crippen MR) is 91.4 cm³/mol. The van der Waals surface area contributed by atoms with Crippen molar-refractivity contribution in [3.05, 3.63) is 34.4 Å². The molecule has 1 aliphatic heterocycles. The molecule has 114 valence electrons. The van der Waals surface area contributed by atoms with Gasteiger partial charge in [-0.3, -0.25) is 4.99 Å². The molecule has 21 heavy (non-hydrogen) atoms. The van der Waals surface area contributed by atoms with Crippen LogP contribution in [0.25, 0.3) is 0 Å². The van der Waals surface area contributed by atoms with E-state index in [1.807, 2.05) is 6.21 Å². The van der Waals surface area contributed by atoms with Crippen molar-refractivity contribution in [3.63, 3.8) is 0 Å². The van der Waals surface area contributed by atoms with Crippen LogP contribution in [0.5, 0.6) is 0 Å². The molecular formula is C20H29N. The number of hydrogen-bond donors (Lipinski definition) is 0. The fourth-order valence-corrected chi connectivity index (χ4v) is 4.43. The van der Waals surface area contributed by atoms with Gasteiger partial charge in [-0.05, 0) is 50.0 Å². The Balaban J connectivity index is 2.39. The number of fused-ring (bicyclic) bond motifs is 2. The van der Waals surface area contributed by atoms with Crippen molar-refractivity contribution in [2.75, 3.05) is 0 Å². The highest BCUT2D eigenvalue weighted by Crippen LogP contribution is 2.65. The second kappa shape index (κ2) is 3.80. The van der Waals surface area contributed by atoms with Crippen molar-refractivity contribution in [2.24, 2.45) is 15.8 Å². The van der Waals surface area contributed by atoms with Crippen LogP contribution < -0.4 is 0 Å². The van der Waals surface area contributed by atoms with E-state index < -0.39 is 0 Å². The lowest BCUT2D eigenvalue weighted by atomic mass is 9.40. The highest BCUT2D eigenvalue weighted by molar-refractivity contribution is 5.85. The molecular weight excluding hydrogens is 254 g/mol. The molecule has 0 radical (unpaired) electrons. The lowest BCUT2D eigenvalue weighted by Gasteiger charge is -2.64. The largest absolute Gasteiger partial charge is 0.288 e. The Bertz CT molecular complexity index is 642. The second-order valence-corrected chi connectivity index (χ2v) is 9.07. The number of nitrogens with zero attached hydrogens (tertiary/aromatic N) is 1. The summed E-state index contributed by atoms with van der Waals surface area (Å²) in [4.78, 5) is 4.47. The van der Waals surface area contributed by atoms with E-state index in [1.165, 1.54) is 22.3 Å². The lowest BCUT2D eigenvalue weighted by Crippen LogP contribution is -2.59. The van der Waals surface area contributed by atoms with Gasteiger partial charge in [0.1, 0.15) is 0 Å². The Labute approximate surface area is 129 Å². The van der Waals surface area contributed by atoms with E-state index in [0.717, 1.165) is 6.54 Å². The van der Waals surface area contributed by atoms with Crippen LogP contribution in [0.1, 0.15) is 77.6 Å². The maximum absolute atomic E-state index is 4.47. The van der Waals surface area contributed by atoms with Crippen LogP contribution in [0.15, 0.2) is 17.1 Å². The van der Waals surface area contributed by atoms with Crippen LogP contribution in [0.3, 0.4) is 0 Å². The molecule has 0 atom stereocenters. The first kappa shape index (κ1) is 14.8. The Hall–Kier alpha value is -1.11. The molecule has 0 saturated carbocycles. The summed E-state index contributed by atoms with van der Waals surface area (Å²) in [7, 11) is 0. The van der Waals surface area contributed by atoms with Crippen LogP contribution in [-0.4, -0.2) is 6.21 Å². The van der Waals surface area contributed by atoms with Gasteiger partial charge < -0.3 is 0 Å². The molecule has 0 amide bonds. The first-order valence-corrected chi connectivity index (χ1v) is 8.12. The number of benzene rings is 1. The molecule has 1 heterocycles. The van der Waals surface area contributed by atoms with Crippen molar-refractivity contribution < 1.29 is 0 Å². The third kappa shape index (κ3) is 1.50. The van der Waals surface area contributed by atoms with Crippen LogP contribution >= 0.6 is 0 Å². The SMILES string of the molecule is CC1(C)c2cc3c(cc2C(C)(C)C(C)(C)C1(C)C)CN=C3. The molecule has 2 aliphatic rings. The van der Waals surface area contributed by atoms with Crippen molar-refractivity contribution in [3.8, 4) is 0 Å². The minimum Gasteiger partial charge on any atom is -0.288 e. The monoisotopic (exact) mass is 283 g/mol. The van der Waals surface area contributed by atoms with Crippen molar-refractivity contribution in [1.82, 2.24) is 0 Å². The van der Waals surface area contributed by atoms with E-state index >= 15 is 0 Å². The number of aliphatic imine (C=N–C) groups is 1. The summed E-state index contributed by atoms with van der Waals surface area (Å²) >= 11 is 0. The van der Waals surface area contributed by atoms with Gasteiger partial charge in [0.15, 0.2) is 0 Å². The van der Waals surface area contributed by atoms with Crippen molar-refractivity contribution in [2.45, 2.75) is 72.8 Å². The van der Waals surface area contributed by atoms with Gasteiger partial charge >= 0.3 is 0 Å². The molecule has 0 aromatic heterocycles. The average molecular weight is 283 g/mol. The Morgan fingerprint density at radius 2 is 1.24 bits per heavy atom. The van der Waals surface area contributed by atoms with Gasteiger partial charge in [0.05, 0.1) is 6.54 Å². The summed E-state index contributed by atoms with van der Waals surface area (Å²) in [5, 5.41) is 0. The molecule has 0 fully saturated rings. The molecule has 1 aromatic rings. The molecule has 0 unspecified atom stereocenters. The maximum Gasteiger partial charge on any atom is 0.0646 e. The van der Waals surface area contributed by atoms with Crippen molar-refractivity contribution >= 4 is 6.21 Å². The molecule has 3 rings (SSSR count). The molecule has 0 spiro atoms. The van der Waals surface area contributed by atoms with Gasteiger partial charge in [-0.25, -0.2) is 0 Å². The van der Waals surface area contributed by atoms with Gasteiger partial charge in [-0.15, -0.1) is 0 Å². The number of rotatable bonds is 0. The Morgan fingerprint density at radius 1 is 0.762 bits per heavy atom. The van der Waals surface area contributed by atoms with Crippen molar-refractivity contribution in [1.29, 1.82) is 0 Å². The minimum absolute atomic E-state index is 0.146. The molecule has 1 nitrogen and oxygen atoms in total. The summed E-state index contributed by atoms with van der Waals surface area (Å²) in [5.74, 6) is 0. The van der Waals surface area contributed by atoms with E-state index in [0.29, 0.717) is 0 Å². The highest BCUT2D eigenvalue weighted by Gasteiger charge is 2.60. The zero-order valence-electron chi connectivity index (χ0n) is 14.9. The van der Waals surface area contributed by atoms with E-state index in [4.69, 9.17) is 0 Å². The normalized spacial score (nSPS) is 26.3. The fraction of sp³-hybridized carbons (Fsp3) is 0.650. The van der Waals surface area contributed by atoms with Gasteiger partial charge in [0.25, 0.3) is 0 Å². The summed E-state index contributed by atoms with van der Waals surface area (Å²) in [6.07, 6.45) is 2.05. The molecule has 1 aromatic carbocycles. The summed E-state index contributed by atoms with van der Waals surface area (Å²) in [6, 6.07) is 4.86. The van der Waals surface area contributed by atoms with Crippen LogP contribution in [-0.2, 0) is 17.4 Å². The lowest BCUT2D eigenvalue weighted by molar-refractivity contribution is -0.0441. The minimum atomic E-state index is 0.146. The third-order valence-corrected chi connectivity index (χ3v) is 7.81. The molecule has 1 heteroatoms. The predicted octanol–water partition coefficient (Wildman–Crippen LogP) is 5.24. The fourth-order valence-electron chi connectivity index (χ4n) is 4.43. The summed E-state index contributed by atoms with van der Waals surface area (Å²) in [6.45, 7) is 20.3. The Morgan fingerprint density at radius 3 is 1.76 bits per heavy atom. The second-order valence-electron chi connectivity index (χ2n) is 9.07. The van der Waals surface area contributed by atoms with E-state index in [-0.39, 0.29) is 21.7 Å². The van der Waals surface area contributed by atoms with Gasteiger partial charge in [0, 0.05) is 6.21 Å². The van der Waals surface area contributed by atoms with Gasteiger partial charge in [-0.1, -0.05) is 61.5 Å².